The van der Waals surface area contributed by atoms with Crippen molar-refractivity contribution in [3.8, 4) is 0 Å². The average Bonchev–Trinajstić information content (AvgIpc) is 2.27. The first-order valence-corrected chi connectivity index (χ1v) is 6.17. The molecular formula is C10H10F2O3S. The fraction of sp³-hybridized carbons (Fsp3) is 0.300. The van der Waals surface area contributed by atoms with Gasteiger partial charge in [0, 0.05) is 12.0 Å². The van der Waals surface area contributed by atoms with Gasteiger partial charge in [-0.3, -0.25) is 4.79 Å². The molecular weight excluding hydrogens is 238 g/mol. The molecule has 0 fully saturated rings. The van der Waals surface area contributed by atoms with Gasteiger partial charge in [0.15, 0.2) is 9.84 Å². The van der Waals surface area contributed by atoms with E-state index in [1.165, 1.54) is 24.3 Å². The number of hydrogen-bond donors (Lipinski definition) is 0. The van der Waals surface area contributed by atoms with E-state index in [9.17, 15) is 22.0 Å². The Morgan fingerprint density at radius 2 is 2.00 bits per heavy atom. The van der Waals surface area contributed by atoms with Crippen molar-refractivity contribution in [1.82, 2.24) is 0 Å². The Labute approximate surface area is 92.0 Å². The van der Waals surface area contributed by atoms with Gasteiger partial charge in [0.05, 0.1) is 10.6 Å². The summed E-state index contributed by atoms with van der Waals surface area (Å²) in [7, 11) is -3.73. The van der Waals surface area contributed by atoms with E-state index >= 15 is 0 Å². The smallest absolute Gasteiger partial charge is 0.239 e. The second-order valence-electron chi connectivity index (χ2n) is 3.19. The third-order valence-corrected chi connectivity index (χ3v) is 3.70. The molecule has 0 N–H and O–H groups in total. The van der Waals surface area contributed by atoms with E-state index in [1.54, 1.807) is 0 Å². The van der Waals surface area contributed by atoms with Crippen LogP contribution in [0.4, 0.5) is 8.78 Å². The van der Waals surface area contributed by atoms with Crippen LogP contribution in [0, 0.1) is 0 Å². The number of sulfone groups is 1. The average molecular weight is 248 g/mol. The molecule has 0 atom stereocenters. The lowest BCUT2D eigenvalue weighted by Gasteiger charge is -2.04. The maximum Gasteiger partial charge on any atom is 0.239 e. The lowest BCUT2D eigenvalue weighted by molar-refractivity contribution is 0.112. The predicted molar refractivity (Wildman–Crippen MR) is 54.5 cm³/mol. The Morgan fingerprint density at radius 1 is 1.31 bits per heavy atom. The van der Waals surface area contributed by atoms with Crippen molar-refractivity contribution in [3.05, 3.63) is 29.8 Å². The van der Waals surface area contributed by atoms with Crippen molar-refractivity contribution in [3.63, 3.8) is 0 Å². The standard InChI is InChI=1S/C10H10F2O3S/c11-10(12)4-5-16(14,15)9-3-1-2-8(6-9)7-13/h1-3,6-7,10H,4-5H2. The zero-order valence-electron chi connectivity index (χ0n) is 8.27. The molecule has 1 rings (SSSR count). The first-order valence-electron chi connectivity index (χ1n) is 4.52. The zero-order valence-corrected chi connectivity index (χ0v) is 9.08. The Hall–Kier alpha value is -1.30. The van der Waals surface area contributed by atoms with Crippen LogP contribution in [0.3, 0.4) is 0 Å². The van der Waals surface area contributed by atoms with Crippen LogP contribution < -0.4 is 0 Å². The summed E-state index contributed by atoms with van der Waals surface area (Å²) < 4.78 is 46.9. The van der Waals surface area contributed by atoms with E-state index in [0.29, 0.717) is 6.29 Å². The number of hydrogen-bond acceptors (Lipinski definition) is 3. The highest BCUT2D eigenvalue weighted by Gasteiger charge is 2.17. The number of alkyl halides is 2. The zero-order chi connectivity index (χ0) is 12.2. The minimum Gasteiger partial charge on any atom is -0.298 e. The molecule has 0 aliphatic carbocycles. The van der Waals surface area contributed by atoms with Crippen LogP contribution in [0.25, 0.3) is 0 Å². The monoisotopic (exact) mass is 248 g/mol. The molecule has 0 aromatic heterocycles. The fourth-order valence-corrected chi connectivity index (χ4v) is 2.47. The molecule has 1 aromatic carbocycles. The van der Waals surface area contributed by atoms with Gasteiger partial charge < -0.3 is 0 Å². The summed E-state index contributed by atoms with van der Waals surface area (Å²) >= 11 is 0. The summed E-state index contributed by atoms with van der Waals surface area (Å²) in [6.45, 7) is 0. The lowest BCUT2D eigenvalue weighted by atomic mass is 10.2. The molecule has 0 saturated heterocycles. The van der Waals surface area contributed by atoms with Crippen molar-refractivity contribution in [2.24, 2.45) is 0 Å². The van der Waals surface area contributed by atoms with Crippen LogP contribution in [0.1, 0.15) is 16.8 Å². The molecule has 0 spiro atoms. The number of carbonyl (C=O) groups excluding carboxylic acids is 1. The van der Waals surface area contributed by atoms with E-state index in [4.69, 9.17) is 0 Å². The molecule has 0 aliphatic heterocycles. The summed E-state index contributed by atoms with van der Waals surface area (Å²) in [5, 5.41) is 0. The topological polar surface area (TPSA) is 51.2 Å². The molecule has 0 radical (unpaired) electrons. The maximum atomic E-state index is 11.9. The summed E-state index contributed by atoms with van der Waals surface area (Å²) in [5.74, 6) is -0.618. The normalized spacial score (nSPS) is 11.7. The Morgan fingerprint density at radius 3 is 2.56 bits per heavy atom. The molecule has 0 unspecified atom stereocenters. The van der Waals surface area contributed by atoms with Gasteiger partial charge in [-0.15, -0.1) is 0 Å². The molecule has 0 aliphatic rings. The van der Waals surface area contributed by atoms with Crippen LogP contribution in [0.2, 0.25) is 0 Å². The van der Waals surface area contributed by atoms with Crippen LogP contribution in [-0.2, 0) is 9.84 Å². The van der Waals surface area contributed by atoms with E-state index in [1.807, 2.05) is 0 Å². The first-order chi connectivity index (χ1) is 7.45. The number of carbonyl (C=O) groups is 1. The molecule has 6 heteroatoms. The molecule has 0 amide bonds. The minimum absolute atomic E-state index is 0.0993. The largest absolute Gasteiger partial charge is 0.298 e. The van der Waals surface area contributed by atoms with Crippen molar-refractivity contribution < 1.29 is 22.0 Å². The Bertz CT molecular complexity index is 469. The summed E-state index contributed by atoms with van der Waals surface area (Å²) in [5.41, 5.74) is 0.207. The second kappa shape index (κ2) is 5.16. The predicted octanol–water partition coefficient (Wildman–Crippen LogP) is 1.93. The number of aldehydes is 1. The van der Waals surface area contributed by atoms with Gasteiger partial charge in [-0.2, -0.15) is 0 Å². The fourth-order valence-electron chi connectivity index (χ4n) is 1.14. The highest BCUT2D eigenvalue weighted by Crippen LogP contribution is 2.15. The van der Waals surface area contributed by atoms with Crippen LogP contribution in [0.15, 0.2) is 29.2 Å². The lowest BCUT2D eigenvalue weighted by Crippen LogP contribution is -2.10. The van der Waals surface area contributed by atoms with Crippen molar-refractivity contribution in [2.45, 2.75) is 17.7 Å². The Kier molecular flexibility index (Phi) is 4.12. The summed E-state index contributed by atoms with van der Waals surface area (Å²) in [4.78, 5) is 10.3. The second-order valence-corrected chi connectivity index (χ2v) is 5.30. The van der Waals surface area contributed by atoms with Crippen LogP contribution >= 0.6 is 0 Å². The van der Waals surface area contributed by atoms with Gasteiger partial charge in [-0.25, -0.2) is 17.2 Å². The third-order valence-electron chi connectivity index (χ3n) is 1.96. The molecule has 0 saturated carbocycles. The third kappa shape index (κ3) is 3.37. The van der Waals surface area contributed by atoms with E-state index in [0.717, 1.165) is 0 Å². The van der Waals surface area contributed by atoms with Crippen molar-refractivity contribution >= 4 is 16.1 Å². The minimum atomic E-state index is -3.73. The SMILES string of the molecule is O=Cc1cccc(S(=O)(=O)CCC(F)F)c1. The van der Waals surface area contributed by atoms with E-state index < -0.39 is 28.4 Å². The summed E-state index contributed by atoms with van der Waals surface area (Å²) in [6, 6.07) is 5.31. The quantitative estimate of drug-likeness (QED) is 0.748. The van der Waals surface area contributed by atoms with Gasteiger partial charge >= 0.3 is 0 Å². The van der Waals surface area contributed by atoms with Gasteiger partial charge in [0.1, 0.15) is 6.29 Å². The van der Waals surface area contributed by atoms with Crippen LogP contribution in [-0.4, -0.2) is 26.9 Å². The van der Waals surface area contributed by atoms with Crippen molar-refractivity contribution in [1.29, 1.82) is 0 Å². The molecule has 1 aromatic rings. The molecule has 3 nitrogen and oxygen atoms in total. The highest BCUT2D eigenvalue weighted by molar-refractivity contribution is 7.91. The number of halogens is 2. The molecule has 88 valence electrons. The van der Waals surface area contributed by atoms with E-state index in [2.05, 4.69) is 0 Å². The number of benzene rings is 1. The summed E-state index contributed by atoms with van der Waals surface area (Å²) in [6.07, 6.45) is -2.84. The van der Waals surface area contributed by atoms with Crippen LogP contribution in [0.5, 0.6) is 0 Å². The molecule has 0 heterocycles. The Balaban J connectivity index is 2.93. The van der Waals surface area contributed by atoms with Gasteiger partial charge in [0.25, 0.3) is 0 Å². The van der Waals surface area contributed by atoms with E-state index in [-0.39, 0.29) is 10.5 Å². The highest BCUT2D eigenvalue weighted by atomic mass is 32.2. The molecule has 0 bridgehead atoms. The molecule has 16 heavy (non-hydrogen) atoms. The van der Waals surface area contributed by atoms with Gasteiger partial charge in [-0.05, 0) is 12.1 Å². The number of rotatable bonds is 5. The van der Waals surface area contributed by atoms with Gasteiger partial charge in [-0.1, -0.05) is 12.1 Å². The van der Waals surface area contributed by atoms with Gasteiger partial charge in [0.2, 0.25) is 6.43 Å². The van der Waals surface area contributed by atoms with Crippen molar-refractivity contribution in [2.75, 3.05) is 5.75 Å². The first kappa shape index (κ1) is 12.8. The maximum absolute atomic E-state index is 11.9.